The number of rotatable bonds is 11. The van der Waals surface area contributed by atoms with Crippen molar-refractivity contribution in [1.82, 2.24) is 15.2 Å². The summed E-state index contributed by atoms with van der Waals surface area (Å²) in [5, 5.41) is 13.8. The van der Waals surface area contributed by atoms with E-state index in [2.05, 4.69) is 10.2 Å². The van der Waals surface area contributed by atoms with Gasteiger partial charge < -0.3 is 25.0 Å². The van der Waals surface area contributed by atoms with Crippen LogP contribution < -0.4 is 15.0 Å². The van der Waals surface area contributed by atoms with Gasteiger partial charge in [0.05, 0.1) is 22.3 Å². The number of carboxylic acids is 1. The molecule has 1 aliphatic carbocycles. The van der Waals surface area contributed by atoms with Crippen LogP contribution in [0.5, 0.6) is 5.75 Å². The zero-order valence-electron chi connectivity index (χ0n) is 25.0. The highest BCUT2D eigenvalue weighted by Crippen LogP contribution is 2.39. The number of aliphatic carboxylic acids is 1. The van der Waals surface area contributed by atoms with E-state index in [-0.39, 0.29) is 18.1 Å². The van der Waals surface area contributed by atoms with Crippen LogP contribution in [0.3, 0.4) is 0 Å². The van der Waals surface area contributed by atoms with Gasteiger partial charge in [-0.2, -0.15) is 0 Å². The first-order valence-electron chi connectivity index (χ1n) is 14.1. The summed E-state index contributed by atoms with van der Waals surface area (Å²) >= 11 is 13.3. The number of carboxylic acid groups (broad SMARTS) is 1. The lowest BCUT2D eigenvalue weighted by molar-refractivity contribution is -0.145. The quantitative estimate of drug-likeness (QED) is 0.215. The number of pyridine rings is 1. The number of nitrogens with one attached hydrogen (secondary N) is 1. The zero-order valence-corrected chi connectivity index (χ0v) is 27.3. The molecule has 0 bridgehead atoms. The highest BCUT2D eigenvalue weighted by molar-refractivity contribution is 6.34. The molecule has 1 heterocycles. The molecule has 0 unspecified atom stereocenters. The van der Waals surface area contributed by atoms with Gasteiger partial charge in [0.2, 0.25) is 0 Å². The number of carbonyl (C=O) groups is 2. The largest absolute Gasteiger partial charge is 0.492 e. The van der Waals surface area contributed by atoms with E-state index in [0.29, 0.717) is 52.1 Å². The van der Waals surface area contributed by atoms with Gasteiger partial charge in [-0.05, 0) is 69.8 Å². The fourth-order valence-corrected chi connectivity index (χ4v) is 5.63. The minimum absolute atomic E-state index is 0. The molecule has 0 radical (unpaired) electrons. The third-order valence-corrected chi connectivity index (χ3v) is 8.19. The number of nitrogens with zero attached hydrogens (tertiary/aromatic N) is 3. The highest BCUT2D eigenvalue weighted by Gasteiger charge is 2.41. The van der Waals surface area contributed by atoms with Crippen molar-refractivity contribution in [3.63, 3.8) is 0 Å². The van der Waals surface area contributed by atoms with Crippen LogP contribution in [0.25, 0.3) is 22.4 Å². The van der Waals surface area contributed by atoms with E-state index in [1.165, 1.54) is 0 Å². The lowest BCUT2D eigenvalue weighted by Crippen LogP contribution is -2.55. The second kappa shape index (κ2) is 15.1. The second-order valence-corrected chi connectivity index (χ2v) is 12.0. The number of halogens is 3. The maximum Gasteiger partial charge on any atom is 0.329 e. The maximum atomic E-state index is 13.5. The van der Waals surface area contributed by atoms with E-state index in [0.717, 1.165) is 43.5 Å². The number of hydrogen-bond acceptors (Lipinski definition) is 6. The Labute approximate surface area is 269 Å². The molecule has 1 aromatic heterocycles. The SMILES string of the molecule is CN(C)CCCOc1cc(-c2nc(C(=O)NC3(C(=O)O)CCCCC3)ccc2-c2ccc(N(C)C)cc2Cl)ccc1Cl.Cl. The smallest absolute Gasteiger partial charge is 0.329 e. The van der Waals surface area contributed by atoms with Gasteiger partial charge in [-0.15, -0.1) is 12.4 Å². The molecule has 4 rings (SSSR count). The highest BCUT2D eigenvalue weighted by atomic mass is 35.5. The molecule has 11 heteroatoms. The molecule has 2 aromatic carbocycles. The van der Waals surface area contributed by atoms with Gasteiger partial charge in [0.1, 0.15) is 17.0 Å². The Hall–Kier alpha value is -3.04. The van der Waals surface area contributed by atoms with Crippen molar-refractivity contribution in [2.45, 2.75) is 44.1 Å². The van der Waals surface area contributed by atoms with Crippen LogP contribution in [0.4, 0.5) is 5.69 Å². The fraction of sp³-hybridized carbons (Fsp3) is 0.406. The Morgan fingerprint density at radius 3 is 2.28 bits per heavy atom. The number of amides is 1. The van der Waals surface area contributed by atoms with Gasteiger partial charge in [-0.3, -0.25) is 4.79 Å². The molecule has 1 fully saturated rings. The van der Waals surface area contributed by atoms with Crippen LogP contribution in [0.1, 0.15) is 49.0 Å². The van der Waals surface area contributed by atoms with Crippen LogP contribution in [-0.2, 0) is 4.79 Å². The normalized spacial score (nSPS) is 14.1. The van der Waals surface area contributed by atoms with Crippen LogP contribution in [0.15, 0.2) is 48.5 Å². The molecular weight excluding hydrogens is 611 g/mol. The summed E-state index contributed by atoms with van der Waals surface area (Å²) in [7, 11) is 7.89. The number of carbonyl (C=O) groups excluding carboxylic acids is 1. The molecule has 43 heavy (non-hydrogen) atoms. The van der Waals surface area contributed by atoms with Crippen molar-refractivity contribution in [1.29, 1.82) is 0 Å². The molecule has 1 amide bonds. The van der Waals surface area contributed by atoms with Crippen molar-refractivity contribution in [3.05, 3.63) is 64.3 Å². The first-order valence-corrected chi connectivity index (χ1v) is 14.9. The molecule has 0 atom stereocenters. The van der Waals surface area contributed by atoms with Crippen LogP contribution in [-0.4, -0.2) is 73.7 Å². The van der Waals surface area contributed by atoms with E-state index >= 15 is 0 Å². The first-order chi connectivity index (χ1) is 20.0. The Morgan fingerprint density at radius 2 is 1.65 bits per heavy atom. The number of benzene rings is 2. The summed E-state index contributed by atoms with van der Waals surface area (Å²) in [6, 6.07) is 14.6. The van der Waals surface area contributed by atoms with Crippen molar-refractivity contribution in [2.24, 2.45) is 0 Å². The van der Waals surface area contributed by atoms with Gasteiger partial charge in [-0.1, -0.05) is 54.6 Å². The number of aromatic nitrogens is 1. The molecule has 232 valence electrons. The summed E-state index contributed by atoms with van der Waals surface area (Å²) in [5.74, 6) is -1.04. The van der Waals surface area contributed by atoms with E-state index in [9.17, 15) is 14.7 Å². The first kappa shape index (κ1) is 34.5. The van der Waals surface area contributed by atoms with Crippen molar-refractivity contribution < 1.29 is 19.4 Å². The van der Waals surface area contributed by atoms with Gasteiger partial charge in [0.15, 0.2) is 0 Å². The van der Waals surface area contributed by atoms with Crippen LogP contribution >= 0.6 is 35.6 Å². The summed E-state index contributed by atoms with van der Waals surface area (Å²) in [6.45, 7) is 1.36. The van der Waals surface area contributed by atoms with Crippen LogP contribution in [0.2, 0.25) is 10.0 Å². The maximum absolute atomic E-state index is 13.5. The van der Waals surface area contributed by atoms with Crippen molar-refractivity contribution in [3.8, 4) is 28.1 Å². The minimum Gasteiger partial charge on any atom is -0.492 e. The molecule has 1 saturated carbocycles. The van der Waals surface area contributed by atoms with E-state index in [1.807, 2.05) is 63.4 Å². The lowest BCUT2D eigenvalue weighted by Gasteiger charge is -2.33. The molecule has 0 aliphatic heterocycles. The minimum atomic E-state index is -1.30. The standard InChI is InChI=1S/C32H38Cl2N4O4.ClH/c1-37(2)17-8-18-42-28-19-21(9-13-25(28)33)29-24(23-11-10-22(38(3)4)20-26(23)34)12-14-27(35-29)30(39)36-32(31(40)41)15-6-5-7-16-32;/h9-14,19-20H,5-8,15-18H2,1-4H3,(H,36,39)(H,40,41);1H. The topological polar surface area (TPSA) is 95.0 Å². The predicted octanol–water partition coefficient (Wildman–Crippen LogP) is 7.06. The second-order valence-electron chi connectivity index (χ2n) is 11.2. The van der Waals surface area contributed by atoms with Crippen LogP contribution in [0, 0.1) is 0 Å². The van der Waals surface area contributed by atoms with Gasteiger partial charge in [-0.25, -0.2) is 9.78 Å². The molecular formula is C32H39Cl3N4O4. The lowest BCUT2D eigenvalue weighted by atomic mass is 9.81. The molecule has 2 N–H and O–H groups in total. The van der Waals surface area contributed by atoms with Gasteiger partial charge >= 0.3 is 5.97 Å². The van der Waals surface area contributed by atoms with Gasteiger partial charge in [0, 0.05) is 43.0 Å². The summed E-state index contributed by atoms with van der Waals surface area (Å²) in [6.07, 6.45) is 4.04. The number of anilines is 1. The average molecular weight is 650 g/mol. The molecule has 1 aliphatic rings. The molecule has 0 spiro atoms. The Kier molecular flexibility index (Phi) is 12.1. The molecule has 0 saturated heterocycles. The number of ether oxygens (including phenoxy) is 1. The summed E-state index contributed by atoms with van der Waals surface area (Å²) in [5.41, 5.74) is 2.41. The number of hydrogen-bond donors (Lipinski definition) is 2. The van der Waals surface area contributed by atoms with Crippen molar-refractivity contribution >= 4 is 53.2 Å². The summed E-state index contributed by atoms with van der Waals surface area (Å²) < 4.78 is 6.02. The average Bonchev–Trinajstić information content (AvgIpc) is 2.96. The van der Waals surface area contributed by atoms with E-state index in [1.54, 1.807) is 18.2 Å². The third-order valence-electron chi connectivity index (χ3n) is 7.57. The predicted molar refractivity (Wildman–Crippen MR) is 176 cm³/mol. The molecule has 3 aromatic rings. The Balaban J connectivity index is 0.00000506. The summed E-state index contributed by atoms with van der Waals surface area (Å²) in [4.78, 5) is 34.5. The Bertz CT molecular complexity index is 1440. The molecule has 8 nitrogen and oxygen atoms in total. The Morgan fingerprint density at radius 1 is 0.953 bits per heavy atom. The van der Waals surface area contributed by atoms with E-state index in [4.69, 9.17) is 32.9 Å². The van der Waals surface area contributed by atoms with Crippen molar-refractivity contribution in [2.75, 3.05) is 46.2 Å². The third kappa shape index (κ3) is 8.32. The van der Waals surface area contributed by atoms with E-state index < -0.39 is 17.4 Å². The monoisotopic (exact) mass is 648 g/mol. The van der Waals surface area contributed by atoms with Gasteiger partial charge in [0.25, 0.3) is 5.91 Å². The fourth-order valence-electron chi connectivity index (χ4n) is 5.18. The zero-order chi connectivity index (χ0) is 30.4.